The first-order valence-electron chi connectivity index (χ1n) is 9.08. The summed E-state index contributed by atoms with van der Waals surface area (Å²) < 4.78 is 2.45. The van der Waals surface area contributed by atoms with Crippen molar-refractivity contribution in [3.63, 3.8) is 0 Å². The number of benzene rings is 1. The molecule has 0 spiro atoms. The van der Waals surface area contributed by atoms with Gasteiger partial charge in [0.1, 0.15) is 5.82 Å². The van der Waals surface area contributed by atoms with Gasteiger partial charge in [-0.25, -0.2) is 4.98 Å². The van der Waals surface area contributed by atoms with Crippen molar-refractivity contribution < 1.29 is 0 Å². The van der Waals surface area contributed by atoms with Crippen LogP contribution in [0.5, 0.6) is 0 Å². The summed E-state index contributed by atoms with van der Waals surface area (Å²) in [6.45, 7) is 4.45. The van der Waals surface area contributed by atoms with Gasteiger partial charge in [0.05, 0.1) is 11.9 Å². The Morgan fingerprint density at radius 3 is 2.64 bits per heavy atom. The molecule has 3 aromatic rings. The minimum Gasteiger partial charge on any atom is -0.328 e. The summed E-state index contributed by atoms with van der Waals surface area (Å²) in [7, 11) is 0. The summed E-state index contributed by atoms with van der Waals surface area (Å²) in [5.74, 6) is 2.71. The van der Waals surface area contributed by atoms with Crippen molar-refractivity contribution in [3.8, 4) is 11.3 Å². The summed E-state index contributed by atoms with van der Waals surface area (Å²) in [6, 6.07) is 14.8. The van der Waals surface area contributed by atoms with E-state index < -0.39 is 0 Å². The van der Waals surface area contributed by atoms with Crippen LogP contribution in [0.3, 0.4) is 0 Å². The molecule has 1 aromatic carbocycles. The Hall–Kier alpha value is -2.46. The molecule has 4 nitrogen and oxygen atoms in total. The van der Waals surface area contributed by atoms with Crippen molar-refractivity contribution in [1.82, 2.24) is 19.4 Å². The molecular weight excluding hydrogens is 308 g/mol. The van der Waals surface area contributed by atoms with Gasteiger partial charge in [-0.2, -0.15) is 0 Å². The number of hydrogen-bond acceptors (Lipinski definition) is 3. The lowest BCUT2D eigenvalue weighted by atomic mass is 9.89. The van der Waals surface area contributed by atoms with Crippen molar-refractivity contribution in [2.24, 2.45) is 11.8 Å². The van der Waals surface area contributed by atoms with Gasteiger partial charge in [-0.15, -0.1) is 0 Å². The van der Waals surface area contributed by atoms with Crippen LogP contribution in [-0.2, 0) is 19.5 Å². The van der Waals surface area contributed by atoms with E-state index in [1.807, 2.05) is 18.5 Å². The van der Waals surface area contributed by atoms with Crippen molar-refractivity contribution in [1.29, 1.82) is 0 Å². The molecule has 0 bridgehead atoms. The number of nitrogens with zero attached hydrogens (tertiary/aromatic N) is 4. The van der Waals surface area contributed by atoms with Crippen LogP contribution in [0.25, 0.3) is 11.3 Å². The minimum absolute atomic E-state index is 0.723. The molecule has 2 atom stereocenters. The Balaban J connectivity index is 1.35. The highest BCUT2D eigenvalue weighted by Gasteiger charge is 2.37. The van der Waals surface area contributed by atoms with E-state index in [9.17, 15) is 0 Å². The molecule has 1 saturated heterocycles. The second-order valence-corrected chi connectivity index (χ2v) is 7.32. The first-order chi connectivity index (χ1) is 12.4. The van der Waals surface area contributed by atoms with E-state index in [1.165, 1.54) is 35.7 Å². The van der Waals surface area contributed by atoms with Gasteiger partial charge in [0, 0.05) is 45.0 Å². The zero-order valence-electron chi connectivity index (χ0n) is 14.3. The lowest BCUT2D eigenvalue weighted by Crippen LogP contribution is -2.28. The highest BCUT2D eigenvalue weighted by molar-refractivity contribution is 5.59. The largest absolute Gasteiger partial charge is 0.328 e. The fraction of sp³-hybridized carbons (Fsp3) is 0.333. The molecule has 0 N–H and O–H groups in total. The average Bonchev–Trinajstić information content (AvgIpc) is 3.24. The Kier molecular flexibility index (Phi) is 3.63. The number of hydrogen-bond donors (Lipinski definition) is 0. The van der Waals surface area contributed by atoms with E-state index in [1.54, 1.807) is 0 Å². The zero-order chi connectivity index (χ0) is 16.6. The first-order valence-corrected chi connectivity index (χ1v) is 9.08. The SMILES string of the molecule is c1ccc(-c2cnc3n2CC2CN(Cc4cccnc4)CC2C3)cc1. The number of aromatic nitrogens is 3. The van der Waals surface area contributed by atoms with Crippen LogP contribution in [0.4, 0.5) is 0 Å². The van der Waals surface area contributed by atoms with Gasteiger partial charge in [0.15, 0.2) is 0 Å². The van der Waals surface area contributed by atoms with Gasteiger partial charge in [0.2, 0.25) is 0 Å². The minimum atomic E-state index is 0.723. The third-order valence-electron chi connectivity index (χ3n) is 5.65. The zero-order valence-corrected chi connectivity index (χ0v) is 14.3. The third kappa shape index (κ3) is 2.76. The summed E-state index contributed by atoms with van der Waals surface area (Å²) in [6.07, 6.45) is 6.98. The maximum atomic E-state index is 4.74. The van der Waals surface area contributed by atoms with Crippen LogP contribution in [-0.4, -0.2) is 32.5 Å². The molecule has 0 aliphatic carbocycles. The Bertz CT molecular complexity index is 856. The number of rotatable bonds is 3. The molecule has 0 radical (unpaired) electrons. The summed E-state index contributed by atoms with van der Waals surface area (Å²) in [4.78, 5) is 11.6. The van der Waals surface area contributed by atoms with E-state index in [2.05, 4.69) is 57.0 Å². The van der Waals surface area contributed by atoms with Crippen LogP contribution >= 0.6 is 0 Å². The smallest absolute Gasteiger partial charge is 0.109 e. The second-order valence-electron chi connectivity index (χ2n) is 7.32. The highest BCUT2D eigenvalue weighted by Crippen LogP contribution is 2.35. The molecule has 0 saturated carbocycles. The van der Waals surface area contributed by atoms with Crippen molar-refractivity contribution in [2.75, 3.05) is 13.1 Å². The fourth-order valence-electron chi connectivity index (χ4n) is 4.44. The standard InChI is InChI=1S/C21H22N4/c1-2-6-17(7-3-1)20-11-23-21-9-18-13-24(14-19(18)15-25(20)21)12-16-5-4-8-22-10-16/h1-8,10-11,18-19H,9,12-15H2. The van der Waals surface area contributed by atoms with Crippen LogP contribution in [0.2, 0.25) is 0 Å². The van der Waals surface area contributed by atoms with Gasteiger partial charge in [0.25, 0.3) is 0 Å². The Labute approximate surface area is 148 Å². The van der Waals surface area contributed by atoms with E-state index >= 15 is 0 Å². The molecule has 4 heteroatoms. The summed E-state index contributed by atoms with van der Waals surface area (Å²) >= 11 is 0. The number of imidazole rings is 1. The molecular formula is C21H22N4. The predicted octanol–water partition coefficient (Wildman–Crippen LogP) is 3.25. The van der Waals surface area contributed by atoms with Crippen LogP contribution in [0.15, 0.2) is 61.1 Å². The molecule has 5 rings (SSSR count). The quantitative estimate of drug-likeness (QED) is 0.739. The Morgan fingerprint density at radius 1 is 0.920 bits per heavy atom. The molecule has 2 aliphatic rings. The summed E-state index contributed by atoms with van der Waals surface area (Å²) in [5.41, 5.74) is 3.84. The Morgan fingerprint density at radius 2 is 1.80 bits per heavy atom. The van der Waals surface area contributed by atoms with Crippen molar-refractivity contribution in [3.05, 3.63) is 72.4 Å². The van der Waals surface area contributed by atoms with E-state index in [-0.39, 0.29) is 0 Å². The average molecular weight is 330 g/mol. The van der Waals surface area contributed by atoms with Gasteiger partial charge in [-0.05, 0) is 29.0 Å². The lowest BCUT2D eigenvalue weighted by Gasteiger charge is -2.27. The van der Waals surface area contributed by atoms with Gasteiger partial charge >= 0.3 is 0 Å². The molecule has 2 aliphatic heterocycles. The number of fused-ring (bicyclic) bond motifs is 2. The fourth-order valence-corrected chi connectivity index (χ4v) is 4.44. The monoisotopic (exact) mass is 330 g/mol. The van der Waals surface area contributed by atoms with Crippen molar-refractivity contribution >= 4 is 0 Å². The van der Waals surface area contributed by atoms with E-state index in [0.29, 0.717) is 0 Å². The second kappa shape index (κ2) is 6.12. The van der Waals surface area contributed by atoms with E-state index in [0.717, 1.165) is 31.3 Å². The van der Waals surface area contributed by atoms with Crippen LogP contribution in [0.1, 0.15) is 11.4 Å². The summed E-state index contributed by atoms with van der Waals surface area (Å²) in [5, 5.41) is 0. The molecule has 25 heavy (non-hydrogen) atoms. The van der Waals surface area contributed by atoms with Gasteiger partial charge < -0.3 is 4.57 Å². The highest BCUT2D eigenvalue weighted by atomic mass is 15.2. The molecule has 0 amide bonds. The predicted molar refractivity (Wildman–Crippen MR) is 97.9 cm³/mol. The third-order valence-corrected chi connectivity index (χ3v) is 5.65. The van der Waals surface area contributed by atoms with Crippen LogP contribution in [0, 0.1) is 11.8 Å². The van der Waals surface area contributed by atoms with Gasteiger partial charge in [-0.1, -0.05) is 36.4 Å². The van der Waals surface area contributed by atoms with Crippen molar-refractivity contribution in [2.45, 2.75) is 19.5 Å². The first kappa shape index (κ1) is 14.8. The number of likely N-dealkylation sites (tertiary alicyclic amines) is 1. The number of pyridine rings is 1. The maximum absolute atomic E-state index is 4.74. The topological polar surface area (TPSA) is 34.0 Å². The normalized spacial score (nSPS) is 22.6. The van der Waals surface area contributed by atoms with E-state index in [4.69, 9.17) is 4.98 Å². The van der Waals surface area contributed by atoms with Gasteiger partial charge in [-0.3, -0.25) is 9.88 Å². The molecule has 2 unspecified atom stereocenters. The lowest BCUT2D eigenvalue weighted by molar-refractivity contribution is 0.307. The molecule has 1 fully saturated rings. The molecule has 4 heterocycles. The molecule has 126 valence electrons. The van der Waals surface area contributed by atoms with Crippen LogP contribution < -0.4 is 0 Å². The molecule has 2 aromatic heterocycles. The maximum Gasteiger partial charge on any atom is 0.109 e.